The molecule has 0 saturated carbocycles. The van der Waals surface area contributed by atoms with Crippen molar-refractivity contribution in [3.8, 4) is 0 Å². The first-order chi connectivity index (χ1) is 14.5. The zero-order valence-electron chi connectivity index (χ0n) is 16.3. The fourth-order valence-corrected chi connectivity index (χ4v) is 5.13. The largest absolute Gasteiger partial charge is 0.372 e. The van der Waals surface area contributed by atoms with Crippen molar-refractivity contribution in [2.75, 3.05) is 18.4 Å². The molecule has 1 saturated heterocycles. The second-order valence-electron chi connectivity index (χ2n) is 7.15. The van der Waals surface area contributed by atoms with Gasteiger partial charge in [0.05, 0.1) is 16.4 Å². The number of nitro benzene ring substituents is 1. The van der Waals surface area contributed by atoms with Crippen molar-refractivity contribution >= 4 is 27.0 Å². The molecule has 2 aromatic heterocycles. The molecule has 1 aliphatic rings. The second kappa shape index (κ2) is 8.36. The number of nitro groups is 1. The third kappa shape index (κ3) is 3.98. The number of rotatable bonds is 6. The van der Waals surface area contributed by atoms with Crippen molar-refractivity contribution in [2.24, 2.45) is 0 Å². The molecule has 10 nitrogen and oxygen atoms in total. The van der Waals surface area contributed by atoms with Crippen molar-refractivity contribution < 1.29 is 13.3 Å². The predicted molar refractivity (Wildman–Crippen MR) is 111 cm³/mol. The van der Waals surface area contributed by atoms with Crippen LogP contribution in [0.25, 0.3) is 5.65 Å². The van der Waals surface area contributed by atoms with Gasteiger partial charge in [-0.1, -0.05) is 18.9 Å². The number of benzene rings is 1. The molecule has 4 rings (SSSR count). The smallest absolute Gasteiger partial charge is 0.293 e. The number of nitrogens with one attached hydrogen (secondary N) is 1. The van der Waals surface area contributed by atoms with E-state index in [1.165, 1.54) is 16.4 Å². The van der Waals surface area contributed by atoms with Crippen LogP contribution < -0.4 is 5.32 Å². The van der Waals surface area contributed by atoms with Crippen LogP contribution in [0.15, 0.2) is 47.5 Å². The zero-order valence-corrected chi connectivity index (χ0v) is 17.1. The first-order valence-electron chi connectivity index (χ1n) is 9.78. The third-order valence-corrected chi connectivity index (χ3v) is 7.08. The van der Waals surface area contributed by atoms with E-state index in [1.54, 1.807) is 16.7 Å². The summed E-state index contributed by atoms with van der Waals surface area (Å²) in [5, 5.41) is 22.8. The lowest BCUT2D eigenvalue weighted by atomic mass is 10.2. The molecule has 0 amide bonds. The minimum atomic E-state index is -3.77. The minimum Gasteiger partial charge on any atom is -0.372 e. The molecule has 1 fully saturated rings. The molecule has 0 aliphatic carbocycles. The quantitative estimate of drug-likeness (QED) is 0.471. The summed E-state index contributed by atoms with van der Waals surface area (Å²) in [7, 11) is -3.77. The number of anilines is 1. The minimum absolute atomic E-state index is 0.0606. The Kier molecular flexibility index (Phi) is 5.64. The Morgan fingerprint density at radius 1 is 1.07 bits per heavy atom. The summed E-state index contributed by atoms with van der Waals surface area (Å²) in [4.78, 5) is 11.0. The van der Waals surface area contributed by atoms with E-state index in [0.29, 0.717) is 24.6 Å². The van der Waals surface area contributed by atoms with Gasteiger partial charge >= 0.3 is 0 Å². The van der Waals surface area contributed by atoms with Gasteiger partial charge in [-0.2, -0.15) is 4.31 Å². The lowest BCUT2D eigenvalue weighted by molar-refractivity contribution is -0.384. The molecule has 3 aromatic rings. The van der Waals surface area contributed by atoms with Crippen LogP contribution in [0.4, 0.5) is 11.4 Å². The highest BCUT2D eigenvalue weighted by molar-refractivity contribution is 7.89. The Morgan fingerprint density at radius 2 is 1.83 bits per heavy atom. The lowest BCUT2D eigenvalue weighted by Crippen LogP contribution is -2.32. The highest BCUT2D eigenvalue weighted by Gasteiger charge is 2.28. The molecule has 0 spiro atoms. The summed E-state index contributed by atoms with van der Waals surface area (Å²) in [6.45, 7) is 1.08. The van der Waals surface area contributed by atoms with Gasteiger partial charge in [0.1, 0.15) is 5.69 Å². The van der Waals surface area contributed by atoms with Crippen LogP contribution in [0.3, 0.4) is 0 Å². The molecule has 30 heavy (non-hydrogen) atoms. The van der Waals surface area contributed by atoms with Gasteiger partial charge in [-0.05, 0) is 37.1 Å². The van der Waals surface area contributed by atoms with Gasteiger partial charge in [-0.15, -0.1) is 10.2 Å². The van der Waals surface area contributed by atoms with Gasteiger partial charge in [-0.3, -0.25) is 14.5 Å². The van der Waals surface area contributed by atoms with E-state index >= 15 is 0 Å². The van der Waals surface area contributed by atoms with Crippen LogP contribution in [-0.2, 0) is 16.6 Å². The monoisotopic (exact) mass is 430 g/mol. The first-order valence-corrected chi connectivity index (χ1v) is 11.2. The number of nitrogens with zero attached hydrogens (tertiary/aromatic N) is 5. The van der Waals surface area contributed by atoms with Gasteiger partial charge < -0.3 is 5.32 Å². The maximum Gasteiger partial charge on any atom is 0.293 e. The fourth-order valence-electron chi connectivity index (χ4n) is 3.59. The maximum absolute atomic E-state index is 13.0. The second-order valence-corrected chi connectivity index (χ2v) is 9.09. The highest BCUT2D eigenvalue weighted by atomic mass is 32.2. The Hall–Kier alpha value is -3.05. The number of fused-ring (bicyclic) bond motifs is 1. The average Bonchev–Trinajstić information content (AvgIpc) is 2.95. The molecule has 0 radical (unpaired) electrons. The summed E-state index contributed by atoms with van der Waals surface area (Å²) in [5.74, 6) is 0.584. The van der Waals surface area contributed by atoms with E-state index in [4.69, 9.17) is 0 Å². The van der Waals surface area contributed by atoms with Gasteiger partial charge in [0.2, 0.25) is 10.0 Å². The molecule has 1 N–H and O–H groups in total. The van der Waals surface area contributed by atoms with E-state index in [1.807, 2.05) is 12.1 Å². The summed E-state index contributed by atoms with van der Waals surface area (Å²) >= 11 is 0. The van der Waals surface area contributed by atoms with Crippen LogP contribution in [-0.4, -0.2) is 45.3 Å². The molecule has 0 bridgehead atoms. The number of aromatic nitrogens is 3. The summed E-state index contributed by atoms with van der Waals surface area (Å²) in [6.07, 6.45) is 5.39. The van der Waals surface area contributed by atoms with Crippen LogP contribution >= 0.6 is 0 Å². The molecular weight excluding hydrogens is 408 g/mol. The Labute approximate surface area is 173 Å². The average molecular weight is 430 g/mol. The molecule has 0 atom stereocenters. The van der Waals surface area contributed by atoms with E-state index < -0.39 is 14.9 Å². The lowest BCUT2D eigenvalue weighted by Gasteiger charge is -2.20. The number of hydrogen-bond acceptors (Lipinski definition) is 7. The standard InChI is InChI=1S/C19H22N6O4S/c26-25(27)17-13-15(30(28,29)23-10-4-1-2-5-11-23)8-9-16(17)20-14-19-22-21-18-7-3-6-12-24(18)19/h3,6-9,12-13,20H,1-2,4-5,10-11,14H2. The number of pyridine rings is 1. The van der Waals surface area contributed by atoms with Crippen LogP contribution in [0.5, 0.6) is 0 Å². The molecule has 11 heteroatoms. The predicted octanol–water partition coefficient (Wildman–Crippen LogP) is 2.81. The Bertz CT molecular complexity index is 1170. The van der Waals surface area contributed by atoms with E-state index in [9.17, 15) is 18.5 Å². The maximum atomic E-state index is 13.0. The van der Waals surface area contributed by atoms with Crippen LogP contribution in [0.1, 0.15) is 31.5 Å². The molecule has 3 heterocycles. The van der Waals surface area contributed by atoms with Crippen LogP contribution in [0, 0.1) is 10.1 Å². The molecular formula is C19H22N6O4S. The molecule has 1 aromatic carbocycles. The van der Waals surface area contributed by atoms with E-state index in [-0.39, 0.29) is 22.8 Å². The van der Waals surface area contributed by atoms with Crippen molar-refractivity contribution in [3.63, 3.8) is 0 Å². The topological polar surface area (TPSA) is 123 Å². The van der Waals surface area contributed by atoms with Gasteiger partial charge in [-0.25, -0.2) is 8.42 Å². The SMILES string of the molecule is O=[N+]([O-])c1cc(S(=O)(=O)N2CCCCCC2)ccc1NCc1nnc2ccccn12. The molecule has 158 valence electrons. The van der Waals surface area contributed by atoms with Gasteiger partial charge in [0, 0.05) is 25.4 Å². The number of sulfonamides is 1. The molecule has 0 unspecified atom stereocenters. The highest BCUT2D eigenvalue weighted by Crippen LogP contribution is 2.30. The fraction of sp³-hybridized carbons (Fsp3) is 0.368. The normalized spacial score (nSPS) is 15.7. The van der Waals surface area contributed by atoms with Gasteiger partial charge in [0.15, 0.2) is 11.5 Å². The van der Waals surface area contributed by atoms with Crippen molar-refractivity contribution in [2.45, 2.75) is 37.1 Å². The Balaban J connectivity index is 1.59. The zero-order chi connectivity index (χ0) is 21.1. The first kappa shape index (κ1) is 20.2. The molecule has 1 aliphatic heterocycles. The van der Waals surface area contributed by atoms with E-state index in [2.05, 4.69) is 15.5 Å². The van der Waals surface area contributed by atoms with Crippen molar-refractivity contribution in [1.29, 1.82) is 0 Å². The Morgan fingerprint density at radius 3 is 2.57 bits per heavy atom. The summed E-state index contributed by atoms with van der Waals surface area (Å²) < 4.78 is 29.2. The number of hydrogen-bond donors (Lipinski definition) is 1. The van der Waals surface area contributed by atoms with Gasteiger partial charge in [0.25, 0.3) is 5.69 Å². The van der Waals surface area contributed by atoms with Crippen LogP contribution in [0.2, 0.25) is 0 Å². The van der Waals surface area contributed by atoms with Crippen molar-refractivity contribution in [3.05, 3.63) is 58.5 Å². The summed E-state index contributed by atoms with van der Waals surface area (Å²) in [6, 6.07) is 9.47. The third-order valence-electron chi connectivity index (χ3n) is 5.19. The summed E-state index contributed by atoms with van der Waals surface area (Å²) in [5.41, 5.74) is 0.602. The van der Waals surface area contributed by atoms with E-state index in [0.717, 1.165) is 31.7 Å². The van der Waals surface area contributed by atoms with Crippen molar-refractivity contribution in [1.82, 2.24) is 18.9 Å².